The van der Waals surface area contributed by atoms with E-state index in [1.54, 1.807) is 33.0 Å². The summed E-state index contributed by atoms with van der Waals surface area (Å²) in [6.07, 6.45) is 6.15. The van der Waals surface area contributed by atoms with Crippen molar-refractivity contribution in [1.29, 1.82) is 0 Å². The first kappa shape index (κ1) is 23.2. The smallest absolute Gasteiger partial charge is 0.404 e. The van der Waals surface area contributed by atoms with Gasteiger partial charge in [0.05, 0.1) is 11.8 Å². The van der Waals surface area contributed by atoms with E-state index in [2.05, 4.69) is 27.6 Å². The summed E-state index contributed by atoms with van der Waals surface area (Å²) >= 11 is 1.55. The van der Waals surface area contributed by atoms with Crippen molar-refractivity contribution in [3.8, 4) is 11.4 Å². The molecule has 1 aliphatic heterocycles. The van der Waals surface area contributed by atoms with E-state index in [4.69, 9.17) is 10.1 Å². The number of aromatic nitrogens is 4. The summed E-state index contributed by atoms with van der Waals surface area (Å²) in [4.78, 5) is 36.2. The van der Waals surface area contributed by atoms with Gasteiger partial charge in [-0.05, 0) is 38.5 Å². The maximum Gasteiger partial charge on any atom is 0.404 e. The van der Waals surface area contributed by atoms with Crippen LogP contribution >= 0.6 is 23.7 Å². The Morgan fingerprint density at radius 3 is 2.67 bits per heavy atom. The van der Waals surface area contributed by atoms with Gasteiger partial charge in [0.2, 0.25) is 0 Å². The molecule has 1 saturated heterocycles. The topological polar surface area (TPSA) is 125 Å². The highest BCUT2D eigenvalue weighted by Gasteiger charge is 2.30. The maximum atomic E-state index is 13.3. The van der Waals surface area contributed by atoms with Gasteiger partial charge < -0.3 is 20.6 Å². The van der Waals surface area contributed by atoms with Crippen LogP contribution in [0.5, 0.6) is 0 Å². The van der Waals surface area contributed by atoms with E-state index in [1.165, 1.54) is 12.8 Å². The fourth-order valence-corrected chi connectivity index (χ4v) is 4.93. The third kappa shape index (κ3) is 5.03. The molecule has 1 aliphatic carbocycles. The van der Waals surface area contributed by atoms with Crippen molar-refractivity contribution in [1.82, 2.24) is 29.8 Å². The Morgan fingerprint density at radius 2 is 1.97 bits per heavy atom. The Morgan fingerprint density at radius 1 is 1.21 bits per heavy atom. The average Bonchev–Trinajstić information content (AvgIpc) is 3.39. The van der Waals surface area contributed by atoms with E-state index in [9.17, 15) is 9.59 Å². The third-order valence-electron chi connectivity index (χ3n) is 6.13. The first-order valence-electron chi connectivity index (χ1n) is 10.8. The second-order valence-corrected chi connectivity index (χ2v) is 9.35. The molecule has 2 aliphatic rings. The van der Waals surface area contributed by atoms with Gasteiger partial charge in [-0.15, -0.1) is 23.7 Å². The largest absolute Gasteiger partial charge is 0.465 e. The fourth-order valence-electron chi connectivity index (χ4n) is 4.14. The molecule has 3 aromatic rings. The Hall–Kier alpha value is -2.92. The van der Waals surface area contributed by atoms with Crippen molar-refractivity contribution < 1.29 is 14.7 Å². The zero-order valence-electron chi connectivity index (χ0n) is 18.1. The number of carbonyl (C=O) groups excluding carboxylic acids is 1. The van der Waals surface area contributed by atoms with Gasteiger partial charge >= 0.3 is 6.09 Å². The van der Waals surface area contributed by atoms with Crippen LogP contribution in [0.4, 0.5) is 10.6 Å². The molecule has 176 valence electrons. The minimum atomic E-state index is -1.03. The predicted molar refractivity (Wildman–Crippen MR) is 127 cm³/mol. The minimum absolute atomic E-state index is 0. The van der Waals surface area contributed by atoms with Crippen LogP contribution in [0.2, 0.25) is 0 Å². The molecule has 33 heavy (non-hydrogen) atoms. The molecule has 1 atom stereocenters. The van der Waals surface area contributed by atoms with Crippen LogP contribution in [0.3, 0.4) is 0 Å². The number of carbonyl (C=O) groups is 2. The number of nitrogens with one attached hydrogen (secondary N) is 2. The van der Waals surface area contributed by atoms with Crippen LogP contribution in [0, 0.1) is 5.92 Å². The molecule has 2 amide bonds. The van der Waals surface area contributed by atoms with Gasteiger partial charge in [-0.1, -0.05) is 0 Å². The number of rotatable bonds is 6. The summed E-state index contributed by atoms with van der Waals surface area (Å²) in [7, 11) is 0. The summed E-state index contributed by atoms with van der Waals surface area (Å²) in [6, 6.07) is 1.86. The summed E-state index contributed by atoms with van der Waals surface area (Å²) in [5, 5.41) is 21.2. The highest BCUT2D eigenvalue weighted by Crippen LogP contribution is 2.34. The van der Waals surface area contributed by atoms with E-state index in [0.717, 1.165) is 10.4 Å². The van der Waals surface area contributed by atoms with Crippen LogP contribution < -0.4 is 10.6 Å². The minimum Gasteiger partial charge on any atom is -0.465 e. The molecular weight excluding hydrogens is 466 g/mol. The molecule has 0 bridgehead atoms. The van der Waals surface area contributed by atoms with Crippen molar-refractivity contribution in [2.24, 2.45) is 5.92 Å². The summed E-state index contributed by atoms with van der Waals surface area (Å²) in [6.45, 7) is 3.10. The quantitative estimate of drug-likeness (QED) is 0.482. The van der Waals surface area contributed by atoms with Crippen LogP contribution in [-0.4, -0.2) is 66.8 Å². The lowest BCUT2D eigenvalue weighted by Crippen LogP contribution is -2.46. The van der Waals surface area contributed by atoms with Crippen LogP contribution in [0.25, 0.3) is 16.2 Å². The van der Waals surface area contributed by atoms with Gasteiger partial charge in [0.15, 0.2) is 5.82 Å². The van der Waals surface area contributed by atoms with Crippen LogP contribution in [0.1, 0.15) is 43.1 Å². The molecule has 12 heteroatoms. The van der Waals surface area contributed by atoms with E-state index in [-0.39, 0.29) is 30.4 Å². The highest BCUT2D eigenvalue weighted by atomic mass is 35.5. The number of halogens is 1. The predicted octanol–water partition coefficient (Wildman–Crippen LogP) is 3.36. The molecule has 0 aromatic carbocycles. The molecular formula is C21H26ClN7O3S. The first-order valence-corrected chi connectivity index (χ1v) is 11.7. The number of nitrogens with zero attached hydrogens (tertiary/aromatic N) is 5. The van der Waals surface area contributed by atoms with Crippen molar-refractivity contribution in [3.63, 3.8) is 0 Å². The molecule has 3 N–H and O–H groups in total. The van der Waals surface area contributed by atoms with Gasteiger partial charge in [0, 0.05) is 42.8 Å². The van der Waals surface area contributed by atoms with Crippen LogP contribution in [0.15, 0.2) is 23.8 Å². The van der Waals surface area contributed by atoms with Crippen molar-refractivity contribution in [2.75, 3.05) is 18.4 Å². The summed E-state index contributed by atoms with van der Waals surface area (Å²) in [5.74, 6) is 1.57. The van der Waals surface area contributed by atoms with E-state index in [0.29, 0.717) is 49.2 Å². The maximum absolute atomic E-state index is 13.3. The number of anilines is 1. The number of amides is 2. The summed E-state index contributed by atoms with van der Waals surface area (Å²) in [5.41, 5.74) is 1.13. The monoisotopic (exact) mass is 491 g/mol. The van der Waals surface area contributed by atoms with Gasteiger partial charge in [0.25, 0.3) is 5.91 Å². The first-order chi connectivity index (χ1) is 15.5. The molecule has 10 nitrogen and oxygen atoms in total. The number of hydrogen-bond acceptors (Lipinski definition) is 7. The lowest BCUT2D eigenvalue weighted by molar-refractivity contribution is 0.0700. The SMILES string of the molecule is C[C@@H](Nc1cc(C(=O)N2CCC(NC(=O)O)CC2)nc(-c2cnn3ccsc23)n1)C1CC1.Cl. The molecule has 0 spiro atoms. The summed E-state index contributed by atoms with van der Waals surface area (Å²) < 4.78 is 1.78. The second kappa shape index (κ2) is 9.52. The number of thiazole rings is 1. The molecule has 3 aromatic heterocycles. The number of piperidine rings is 1. The van der Waals surface area contributed by atoms with E-state index < -0.39 is 6.09 Å². The standard InChI is InChI=1S/C21H25N7O3S.ClH/c1-12(13-2-3-13)23-17-10-16(19(29)27-6-4-14(5-7-27)24-21(30)31)25-18(26-17)15-11-22-28-8-9-32-20(15)28;/h8-14,24H,2-7H2,1H3,(H,30,31)(H,23,25,26);1H/t12-;/m1./s1. The second-order valence-electron chi connectivity index (χ2n) is 8.46. The number of likely N-dealkylation sites (tertiary alicyclic amines) is 1. The van der Waals surface area contributed by atoms with Gasteiger partial charge in [-0.25, -0.2) is 19.3 Å². The lowest BCUT2D eigenvalue weighted by Gasteiger charge is -2.31. The molecule has 4 heterocycles. The molecule has 2 fully saturated rings. The van der Waals surface area contributed by atoms with Gasteiger partial charge in [-0.3, -0.25) is 4.79 Å². The molecule has 0 radical (unpaired) electrons. The Bertz CT molecular complexity index is 1150. The van der Waals surface area contributed by atoms with Crippen LogP contribution in [-0.2, 0) is 0 Å². The molecule has 5 rings (SSSR count). The normalized spacial score (nSPS) is 17.4. The number of hydrogen-bond donors (Lipinski definition) is 3. The van der Waals surface area contributed by atoms with Crippen molar-refractivity contribution in [3.05, 3.63) is 29.5 Å². The van der Waals surface area contributed by atoms with E-state index in [1.807, 2.05) is 11.6 Å². The fraction of sp³-hybridized carbons (Fsp3) is 0.476. The highest BCUT2D eigenvalue weighted by molar-refractivity contribution is 7.16. The molecule has 1 saturated carbocycles. The lowest BCUT2D eigenvalue weighted by atomic mass is 10.0. The Labute approximate surface area is 200 Å². The average molecular weight is 492 g/mol. The number of carboxylic acid groups (broad SMARTS) is 1. The molecule has 0 unspecified atom stereocenters. The Kier molecular flexibility index (Phi) is 6.71. The van der Waals surface area contributed by atoms with Gasteiger partial charge in [-0.2, -0.15) is 5.10 Å². The zero-order valence-corrected chi connectivity index (χ0v) is 19.7. The van der Waals surface area contributed by atoms with Gasteiger partial charge in [0.1, 0.15) is 16.3 Å². The number of fused-ring (bicyclic) bond motifs is 1. The van der Waals surface area contributed by atoms with Crippen molar-refractivity contribution in [2.45, 2.75) is 44.7 Å². The van der Waals surface area contributed by atoms with E-state index >= 15 is 0 Å². The zero-order chi connectivity index (χ0) is 22.2. The van der Waals surface area contributed by atoms with Crippen molar-refractivity contribution >= 4 is 46.4 Å². The third-order valence-corrected chi connectivity index (χ3v) is 7.02. The Balaban J connectivity index is 0.00000259.